The van der Waals surface area contributed by atoms with Gasteiger partial charge in [0.15, 0.2) is 5.69 Å². The molecule has 2 rings (SSSR count). The van der Waals surface area contributed by atoms with Crippen LogP contribution in [0.2, 0.25) is 5.02 Å². The molecule has 1 aromatic carbocycles. The predicted molar refractivity (Wildman–Crippen MR) is 99.9 cm³/mol. The summed E-state index contributed by atoms with van der Waals surface area (Å²) in [6.45, 7) is 4.25. The van der Waals surface area contributed by atoms with Crippen molar-refractivity contribution < 1.29 is 40.6 Å². The molecule has 1 unspecified atom stereocenters. The van der Waals surface area contributed by atoms with Gasteiger partial charge in [0.1, 0.15) is 10.8 Å². The number of ether oxygens (including phenoxy) is 2. The fourth-order valence-corrected chi connectivity index (χ4v) is 3.14. The Kier molecular flexibility index (Phi) is 7.51. The van der Waals surface area contributed by atoms with E-state index in [-0.39, 0.29) is 40.7 Å². The molecule has 5 nitrogen and oxygen atoms in total. The topological polar surface area (TPSA) is 53.3 Å². The smallest absolute Gasteiger partial charge is 0.461 e. The summed E-state index contributed by atoms with van der Waals surface area (Å²) < 4.78 is 87.7. The first kappa shape index (κ1) is 24.8. The van der Waals surface area contributed by atoms with Crippen LogP contribution in [0.3, 0.4) is 0 Å². The van der Waals surface area contributed by atoms with Gasteiger partial charge >= 0.3 is 18.5 Å². The number of nitrogens with zero attached hydrogens (tertiary/aromatic N) is 2. The Balaban J connectivity index is 2.61. The number of rotatable bonds is 7. The van der Waals surface area contributed by atoms with Crippen LogP contribution in [-0.4, -0.2) is 34.9 Å². The average molecular weight is 473 g/mol. The van der Waals surface area contributed by atoms with E-state index in [0.717, 1.165) is 19.1 Å². The van der Waals surface area contributed by atoms with Gasteiger partial charge in [-0.3, -0.25) is 4.68 Å². The summed E-state index contributed by atoms with van der Waals surface area (Å²) in [5.74, 6) is -3.40. The van der Waals surface area contributed by atoms with Crippen LogP contribution >= 0.6 is 11.6 Å². The highest BCUT2D eigenvalue weighted by atomic mass is 35.5. The molecule has 172 valence electrons. The summed E-state index contributed by atoms with van der Waals surface area (Å²) >= 11 is 6.23. The van der Waals surface area contributed by atoms with Gasteiger partial charge in [0.25, 0.3) is 0 Å². The summed E-state index contributed by atoms with van der Waals surface area (Å²) in [5.41, 5.74) is -0.553. The monoisotopic (exact) mass is 472 g/mol. The Labute approximate surface area is 178 Å². The molecule has 0 saturated carbocycles. The van der Waals surface area contributed by atoms with Gasteiger partial charge in [0, 0.05) is 12.1 Å². The molecular formula is C19H19ClF6N2O3. The second-order valence-electron chi connectivity index (χ2n) is 6.57. The zero-order valence-corrected chi connectivity index (χ0v) is 17.5. The fraction of sp³-hybridized carbons (Fsp3) is 0.474. The Morgan fingerprint density at radius 3 is 2.35 bits per heavy atom. The predicted octanol–water partition coefficient (Wildman–Crippen LogP) is 6.04. The highest BCUT2D eigenvalue weighted by Gasteiger charge is 2.37. The van der Waals surface area contributed by atoms with E-state index in [0.29, 0.717) is 0 Å². The summed E-state index contributed by atoms with van der Waals surface area (Å²) in [4.78, 5) is 12.1. The highest BCUT2D eigenvalue weighted by molar-refractivity contribution is 6.36. The van der Waals surface area contributed by atoms with Crippen molar-refractivity contribution in [3.8, 4) is 17.0 Å². The van der Waals surface area contributed by atoms with Gasteiger partial charge in [-0.2, -0.15) is 18.3 Å². The molecule has 1 aromatic heterocycles. The largest absolute Gasteiger partial charge is 0.573 e. The number of aromatic nitrogens is 2. The third kappa shape index (κ3) is 6.05. The Bertz CT molecular complexity index is 940. The first-order valence-electron chi connectivity index (χ1n) is 9.17. The minimum atomic E-state index is -5.11. The van der Waals surface area contributed by atoms with E-state index in [2.05, 4.69) is 9.84 Å². The van der Waals surface area contributed by atoms with Crippen molar-refractivity contribution in [3.63, 3.8) is 0 Å². The van der Waals surface area contributed by atoms with Crippen molar-refractivity contribution in [2.75, 3.05) is 6.61 Å². The van der Waals surface area contributed by atoms with Gasteiger partial charge in [-0.25, -0.2) is 4.79 Å². The molecule has 0 amide bonds. The van der Waals surface area contributed by atoms with Gasteiger partial charge < -0.3 is 9.47 Å². The number of hydrogen-bond donors (Lipinski definition) is 0. The van der Waals surface area contributed by atoms with Gasteiger partial charge in [-0.15, -0.1) is 13.2 Å². The maximum absolute atomic E-state index is 13.0. The number of carbonyl (C=O) groups excluding carboxylic acids is 1. The summed E-state index contributed by atoms with van der Waals surface area (Å²) in [7, 11) is 0. The molecule has 0 saturated heterocycles. The van der Waals surface area contributed by atoms with Crippen molar-refractivity contribution in [3.05, 3.63) is 34.5 Å². The Hall–Kier alpha value is -2.43. The van der Waals surface area contributed by atoms with Crippen molar-refractivity contribution in [1.82, 2.24) is 9.78 Å². The van der Waals surface area contributed by atoms with Crippen LogP contribution in [0.5, 0.6) is 5.75 Å². The summed E-state index contributed by atoms with van der Waals surface area (Å²) in [6.07, 6.45) is -10.2. The molecule has 12 heteroatoms. The third-order valence-electron chi connectivity index (χ3n) is 4.29. The van der Waals surface area contributed by atoms with Gasteiger partial charge in [0.2, 0.25) is 0 Å². The summed E-state index contributed by atoms with van der Waals surface area (Å²) in [6, 6.07) is 3.27. The lowest BCUT2D eigenvalue weighted by Crippen LogP contribution is -2.22. The van der Waals surface area contributed by atoms with Crippen LogP contribution < -0.4 is 4.74 Å². The second kappa shape index (κ2) is 9.37. The Morgan fingerprint density at radius 2 is 1.84 bits per heavy atom. The van der Waals surface area contributed by atoms with Crippen LogP contribution in [0, 0.1) is 5.92 Å². The van der Waals surface area contributed by atoms with Crippen molar-refractivity contribution >= 4 is 17.6 Å². The molecule has 1 heterocycles. The van der Waals surface area contributed by atoms with Crippen molar-refractivity contribution in [2.24, 2.45) is 5.92 Å². The van der Waals surface area contributed by atoms with Gasteiger partial charge in [-0.1, -0.05) is 24.6 Å². The van der Waals surface area contributed by atoms with E-state index >= 15 is 0 Å². The average Bonchev–Trinajstić information content (AvgIpc) is 2.96. The van der Waals surface area contributed by atoms with Gasteiger partial charge in [-0.05, 0) is 38.0 Å². The Morgan fingerprint density at radius 1 is 1.19 bits per heavy atom. The zero-order valence-electron chi connectivity index (χ0n) is 16.7. The van der Waals surface area contributed by atoms with Crippen molar-refractivity contribution in [2.45, 2.75) is 46.3 Å². The van der Waals surface area contributed by atoms with E-state index in [1.54, 1.807) is 13.8 Å². The van der Waals surface area contributed by atoms with Crippen LogP contribution in [0.1, 0.15) is 36.8 Å². The molecule has 31 heavy (non-hydrogen) atoms. The van der Waals surface area contributed by atoms with Crippen molar-refractivity contribution in [1.29, 1.82) is 0 Å². The molecule has 1 atom stereocenters. The lowest BCUT2D eigenvalue weighted by atomic mass is 9.98. The molecule has 0 spiro atoms. The lowest BCUT2D eigenvalue weighted by Gasteiger charge is -2.18. The summed E-state index contributed by atoms with van der Waals surface area (Å²) in [5, 5.41) is 3.73. The highest BCUT2D eigenvalue weighted by Crippen LogP contribution is 2.40. The standard InChI is InChI=1S/C19H19ClF6N2O3/c1-4-28-16(14(20)15(27-28)17(29)30-5-2)12-7-6-11(8-10(3)18(21,22)23)9-13(12)31-19(24,25)26/h6-7,9-10H,4-5,8H2,1-3H3. The van der Waals surface area contributed by atoms with E-state index < -0.39 is 36.6 Å². The van der Waals surface area contributed by atoms with E-state index in [1.165, 1.54) is 10.7 Å². The number of esters is 1. The van der Waals surface area contributed by atoms with Crippen LogP contribution in [0.15, 0.2) is 18.2 Å². The van der Waals surface area contributed by atoms with E-state index in [1.807, 2.05) is 0 Å². The first-order chi connectivity index (χ1) is 14.3. The molecule has 0 N–H and O–H groups in total. The van der Waals surface area contributed by atoms with E-state index in [9.17, 15) is 31.1 Å². The molecule has 0 aliphatic carbocycles. The maximum atomic E-state index is 13.0. The quantitative estimate of drug-likeness (QED) is 0.364. The van der Waals surface area contributed by atoms with Crippen LogP contribution in [0.25, 0.3) is 11.3 Å². The molecule has 0 aliphatic heterocycles. The van der Waals surface area contributed by atoms with Gasteiger partial charge in [0.05, 0.1) is 18.2 Å². The maximum Gasteiger partial charge on any atom is 0.573 e. The van der Waals surface area contributed by atoms with Crippen LogP contribution in [0.4, 0.5) is 26.3 Å². The number of benzene rings is 1. The molecular weight excluding hydrogens is 454 g/mol. The molecule has 0 fully saturated rings. The first-order valence-corrected chi connectivity index (χ1v) is 9.55. The molecule has 2 aromatic rings. The number of halogens is 7. The normalized spacial score (nSPS) is 13.2. The number of hydrogen-bond acceptors (Lipinski definition) is 4. The number of aryl methyl sites for hydroxylation is 1. The molecule has 0 radical (unpaired) electrons. The number of alkyl halides is 6. The lowest BCUT2D eigenvalue weighted by molar-refractivity contribution is -0.274. The minimum Gasteiger partial charge on any atom is -0.461 e. The van der Waals surface area contributed by atoms with Crippen LogP contribution in [-0.2, 0) is 17.7 Å². The SMILES string of the molecule is CCOC(=O)c1nn(CC)c(-c2ccc(CC(C)C(F)(F)F)cc2OC(F)(F)F)c1Cl. The molecule has 0 bridgehead atoms. The third-order valence-corrected chi connectivity index (χ3v) is 4.65. The fourth-order valence-electron chi connectivity index (χ4n) is 2.82. The minimum absolute atomic E-state index is 0.0165. The number of carbonyl (C=O) groups is 1. The molecule has 0 aliphatic rings. The van der Waals surface area contributed by atoms with E-state index in [4.69, 9.17) is 16.3 Å². The second-order valence-corrected chi connectivity index (χ2v) is 6.95. The zero-order chi connectivity index (χ0) is 23.6.